The van der Waals surface area contributed by atoms with E-state index in [0.29, 0.717) is 12.5 Å². The van der Waals surface area contributed by atoms with Crippen molar-refractivity contribution in [2.24, 2.45) is 17.7 Å². The fourth-order valence-electron chi connectivity index (χ4n) is 1.62. The molecule has 0 heterocycles. The third kappa shape index (κ3) is 2.64. The number of allylic oxidation sites excluding steroid dienone is 2. The average Bonchev–Trinajstić information content (AvgIpc) is 2.07. The van der Waals surface area contributed by atoms with Gasteiger partial charge < -0.3 is 4.84 Å². The fourth-order valence-corrected chi connectivity index (χ4v) is 1.62. The average molecular weight is 155 g/mol. The van der Waals surface area contributed by atoms with Gasteiger partial charge in [-0.25, -0.2) is 5.90 Å². The maximum absolute atomic E-state index is 5.02. The summed E-state index contributed by atoms with van der Waals surface area (Å²) in [6.45, 7) is 2.90. The second-order valence-electron chi connectivity index (χ2n) is 3.36. The van der Waals surface area contributed by atoms with Crippen molar-refractivity contribution >= 4 is 0 Å². The van der Waals surface area contributed by atoms with Crippen LogP contribution in [0.4, 0.5) is 0 Å². The molecule has 0 aromatic carbocycles. The van der Waals surface area contributed by atoms with Crippen LogP contribution in [0.1, 0.15) is 26.2 Å². The fraction of sp³-hybridized carbons (Fsp3) is 0.778. The largest absolute Gasteiger partial charge is 0.304 e. The van der Waals surface area contributed by atoms with E-state index in [4.69, 9.17) is 5.90 Å². The summed E-state index contributed by atoms with van der Waals surface area (Å²) in [5.41, 5.74) is 0. The summed E-state index contributed by atoms with van der Waals surface area (Å²) in [5, 5.41) is 0. The predicted molar refractivity (Wildman–Crippen MR) is 45.8 cm³/mol. The van der Waals surface area contributed by atoms with Crippen LogP contribution in [0.3, 0.4) is 0 Å². The number of rotatable bonds is 3. The van der Waals surface area contributed by atoms with Crippen LogP contribution in [0.15, 0.2) is 12.2 Å². The molecule has 0 bridgehead atoms. The van der Waals surface area contributed by atoms with Gasteiger partial charge in [0.1, 0.15) is 0 Å². The number of hydrogen-bond donors (Lipinski definition) is 1. The molecule has 0 spiro atoms. The first-order valence-corrected chi connectivity index (χ1v) is 4.31. The first-order chi connectivity index (χ1) is 5.34. The summed E-state index contributed by atoms with van der Waals surface area (Å²) in [4.78, 5) is 4.63. The molecular weight excluding hydrogens is 138 g/mol. The first-order valence-electron chi connectivity index (χ1n) is 4.31. The maximum Gasteiger partial charge on any atom is 0.0707 e. The van der Waals surface area contributed by atoms with Crippen molar-refractivity contribution in [2.75, 3.05) is 6.61 Å². The van der Waals surface area contributed by atoms with E-state index in [9.17, 15) is 0 Å². The Kier molecular flexibility index (Phi) is 3.60. The van der Waals surface area contributed by atoms with Crippen LogP contribution in [0.5, 0.6) is 0 Å². The Morgan fingerprint density at radius 2 is 2.45 bits per heavy atom. The number of hydrogen-bond acceptors (Lipinski definition) is 2. The van der Waals surface area contributed by atoms with E-state index in [-0.39, 0.29) is 0 Å². The Balaban J connectivity index is 2.28. The van der Waals surface area contributed by atoms with Crippen LogP contribution in [-0.4, -0.2) is 6.61 Å². The summed E-state index contributed by atoms with van der Waals surface area (Å²) in [5.74, 6) is 6.40. The summed E-state index contributed by atoms with van der Waals surface area (Å²) in [6.07, 6.45) is 8.23. The summed E-state index contributed by atoms with van der Waals surface area (Å²) < 4.78 is 0. The van der Waals surface area contributed by atoms with Crippen LogP contribution in [0.25, 0.3) is 0 Å². The Hall–Kier alpha value is -0.340. The molecule has 2 atom stereocenters. The minimum atomic E-state index is 0.602. The maximum atomic E-state index is 5.02. The quantitative estimate of drug-likeness (QED) is 0.499. The topological polar surface area (TPSA) is 35.2 Å². The van der Waals surface area contributed by atoms with E-state index >= 15 is 0 Å². The lowest BCUT2D eigenvalue weighted by Gasteiger charge is -2.23. The molecule has 0 radical (unpaired) electrons. The molecule has 0 saturated carbocycles. The van der Waals surface area contributed by atoms with E-state index < -0.39 is 0 Å². The summed E-state index contributed by atoms with van der Waals surface area (Å²) in [7, 11) is 0. The summed E-state index contributed by atoms with van der Waals surface area (Å²) >= 11 is 0. The molecule has 1 aliphatic rings. The molecule has 2 unspecified atom stereocenters. The van der Waals surface area contributed by atoms with Crippen molar-refractivity contribution in [3.05, 3.63) is 12.2 Å². The Labute approximate surface area is 68.4 Å². The Morgan fingerprint density at radius 3 is 3.00 bits per heavy atom. The van der Waals surface area contributed by atoms with Gasteiger partial charge in [0, 0.05) is 0 Å². The lowest BCUT2D eigenvalue weighted by molar-refractivity contribution is 0.0825. The van der Waals surface area contributed by atoms with E-state index in [2.05, 4.69) is 23.9 Å². The van der Waals surface area contributed by atoms with Crippen LogP contribution in [0.2, 0.25) is 0 Å². The molecular formula is C9H17NO. The third-order valence-electron chi connectivity index (χ3n) is 2.47. The molecule has 0 aromatic heterocycles. The molecule has 0 aromatic rings. The lowest BCUT2D eigenvalue weighted by atomic mass is 9.84. The van der Waals surface area contributed by atoms with Gasteiger partial charge >= 0.3 is 0 Å². The van der Waals surface area contributed by atoms with Gasteiger partial charge in [0.05, 0.1) is 6.61 Å². The van der Waals surface area contributed by atoms with Gasteiger partial charge in [0.15, 0.2) is 0 Å². The second-order valence-corrected chi connectivity index (χ2v) is 3.36. The standard InChI is InChI=1S/C9H17NO/c1-8(7-11-10)9-5-3-2-4-6-9/h2-3,8-9H,4-7,10H2,1H3. The third-order valence-corrected chi connectivity index (χ3v) is 2.47. The normalized spacial score (nSPS) is 26.9. The van der Waals surface area contributed by atoms with Crippen molar-refractivity contribution in [1.29, 1.82) is 0 Å². The predicted octanol–water partition coefficient (Wildman–Crippen LogP) is 1.87. The lowest BCUT2D eigenvalue weighted by Crippen LogP contribution is -2.20. The molecule has 0 aliphatic heterocycles. The van der Waals surface area contributed by atoms with E-state index in [1.165, 1.54) is 19.3 Å². The van der Waals surface area contributed by atoms with Crippen LogP contribution in [-0.2, 0) is 4.84 Å². The van der Waals surface area contributed by atoms with E-state index in [0.717, 1.165) is 5.92 Å². The zero-order valence-corrected chi connectivity index (χ0v) is 7.12. The minimum absolute atomic E-state index is 0.602. The molecule has 2 N–H and O–H groups in total. The molecule has 2 nitrogen and oxygen atoms in total. The van der Waals surface area contributed by atoms with Gasteiger partial charge in [-0.1, -0.05) is 19.1 Å². The summed E-state index contributed by atoms with van der Waals surface area (Å²) in [6, 6.07) is 0. The van der Waals surface area contributed by atoms with Gasteiger partial charge in [-0.15, -0.1) is 0 Å². The van der Waals surface area contributed by atoms with Crippen molar-refractivity contribution in [3.8, 4) is 0 Å². The van der Waals surface area contributed by atoms with Crippen molar-refractivity contribution in [3.63, 3.8) is 0 Å². The Bertz CT molecular complexity index is 134. The highest BCUT2D eigenvalue weighted by molar-refractivity contribution is 4.91. The monoisotopic (exact) mass is 155 g/mol. The highest BCUT2D eigenvalue weighted by atomic mass is 16.6. The van der Waals surface area contributed by atoms with Crippen molar-refractivity contribution < 1.29 is 4.84 Å². The molecule has 64 valence electrons. The second kappa shape index (κ2) is 4.52. The molecule has 1 rings (SSSR count). The van der Waals surface area contributed by atoms with Crippen LogP contribution in [0, 0.1) is 11.8 Å². The number of nitrogens with two attached hydrogens (primary N) is 1. The van der Waals surface area contributed by atoms with E-state index in [1.54, 1.807) is 0 Å². The molecule has 0 amide bonds. The minimum Gasteiger partial charge on any atom is -0.304 e. The van der Waals surface area contributed by atoms with Crippen LogP contribution >= 0.6 is 0 Å². The highest BCUT2D eigenvalue weighted by Gasteiger charge is 2.17. The molecule has 2 heteroatoms. The van der Waals surface area contributed by atoms with Crippen molar-refractivity contribution in [1.82, 2.24) is 0 Å². The molecule has 11 heavy (non-hydrogen) atoms. The molecule has 0 fully saturated rings. The molecule has 1 aliphatic carbocycles. The zero-order valence-electron chi connectivity index (χ0n) is 7.12. The smallest absolute Gasteiger partial charge is 0.0707 e. The van der Waals surface area contributed by atoms with Crippen LogP contribution < -0.4 is 5.90 Å². The van der Waals surface area contributed by atoms with Gasteiger partial charge in [-0.3, -0.25) is 0 Å². The van der Waals surface area contributed by atoms with E-state index in [1.807, 2.05) is 0 Å². The SMILES string of the molecule is CC(CON)C1CC=CCC1. The zero-order chi connectivity index (χ0) is 8.10. The van der Waals surface area contributed by atoms with Gasteiger partial charge in [-0.05, 0) is 31.1 Å². The molecule has 0 saturated heterocycles. The first kappa shape index (κ1) is 8.75. The highest BCUT2D eigenvalue weighted by Crippen LogP contribution is 2.25. The van der Waals surface area contributed by atoms with Gasteiger partial charge in [0.25, 0.3) is 0 Å². The van der Waals surface area contributed by atoms with Crippen molar-refractivity contribution in [2.45, 2.75) is 26.2 Å². The van der Waals surface area contributed by atoms with Gasteiger partial charge in [0.2, 0.25) is 0 Å². The Morgan fingerprint density at radius 1 is 1.64 bits per heavy atom. The van der Waals surface area contributed by atoms with Gasteiger partial charge in [-0.2, -0.15) is 0 Å².